The highest BCUT2D eigenvalue weighted by Gasteiger charge is 2.01. The highest BCUT2D eigenvalue weighted by molar-refractivity contribution is 7.99. The molecule has 0 aliphatic rings. The van der Waals surface area contributed by atoms with Crippen molar-refractivity contribution in [1.29, 1.82) is 0 Å². The Morgan fingerprint density at radius 1 is 1.20 bits per heavy atom. The van der Waals surface area contributed by atoms with Crippen LogP contribution in [0.4, 0.5) is 0 Å². The first-order valence-corrected chi connectivity index (χ1v) is 7.97. The van der Waals surface area contributed by atoms with E-state index in [4.69, 9.17) is 4.74 Å². The molecule has 0 saturated heterocycles. The first-order chi connectivity index (χ1) is 9.72. The minimum atomic E-state index is 0.0932. The lowest BCUT2D eigenvalue weighted by Crippen LogP contribution is -2.33. The second-order valence-electron chi connectivity index (χ2n) is 4.57. The molecule has 1 aromatic carbocycles. The zero-order valence-corrected chi connectivity index (χ0v) is 13.1. The van der Waals surface area contributed by atoms with Crippen molar-refractivity contribution in [3.8, 4) is 0 Å². The van der Waals surface area contributed by atoms with Gasteiger partial charge in [0.05, 0.1) is 12.4 Å². The van der Waals surface area contributed by atoms with Crippen LogP contribution in [0.5, 0.6) is 0 Å². The lowest BCUT2D eigenvalue weighted by atomic mass is 10.2. The molecule has 1 amide bonds. The summed E-state index contributed by atoms with van der Waals surface area (Å²) in [5, 5.41) is 6.07. The van der Waals surface area contributed by atoms with Crippen molar-refractivity contribution in [2.24, 2.45) is 0 Å². The summed E-state index contributed by atoms with van der Waals surface area (Å²) >= 11 is 1.64. The van der Waals surface area contributed by atoms with E-state index in [2.05, 4.69) is 41.8 Å². The number of carbonyl (C=O) groups is 1. The molecule has 0 radical (unpaired) electrons. The number of hydrogen-bond acceptors (Lipinski definition) is 4. The average Bonchev–Trinajstić information content (AvgIpc) is 2.45. The van der Waals surface area contributed by atoms with E-state index in [9.17, 15) is 4.79 Å². The Labute approximate surface area is 125 Å². The van der Waals surface area contributed by atoms with E-state index < -0.39 is 0 Å². The first kappa shape index (κ1) is 17.0. The summed E-state index contributed by atoms with van der Waals surface area (Å²) in [4.78, 5) is 11.6. The van der Waals surface area contributed by atoms with Crippen LogP contribution in [-0.4, -0.2) is 45.0 Å². The Kier molecular flexibility index (Phi) is 9.11. The number of amides is 1. The molecule has 1 rings (SSSR count). The molecule has 5 heteroatoms. The van der Waals surface area contributed by atoms with Gasteiger partial charge >= 0.3 is 0 Å². The Bertz CT molecular complexity index is 382. The number of hydrogen-bond donors (Lipinski definition) is 2. The normalized spacial score (nSPS) is 10.5. The molecular weight excluding hydrogens is 272 g/mol. The molecule has 112 valence electrons. The lowest BCUT2D eigenvalue weighted by Gasteiger charge is -2.06. The quantitative estimate of drug-likeness (QED) is 0.644. The van der Waals surface area contributed by atoms with E-state index in [-0.39, 0.29) is 5.91 Å². The van der Waals surface area contributed by atoms with Crippen LogP contribution in [0.25, 0.3) is 0 Å². The second-order valence-corrected chi connectivity index (χ2v) is 5.56. The molecule has 0 spiro atoms. The lowest BCUT2D eigenvalue weighted by molar-refractivity contribution is -0.118. The number of rotatable bonds is 10. The van der Waals surface area contributed by atoms with Crippen LogP contribution in [-0.2, 0) is 15.3 Å². The molecular formula is C15H24N2O2S. The number of ether oxygens (including phenoxy) is 1. The van der Waals surface area contributed by atoms with Crippen LogP contribution in [0.15, 0.2) is 24.3 Å². The molecule has 20 heavy (non-hydrogen) atoms. The fourth-order valence-corrected chi connectivity index (χ4v) is 2.40. The SMILES string of the molecule is COCCNCCNC(=O)CSCc1ccc(C)cc1. The predicted octanol–water partition coefficient (Wildman–Crippen LogP) is 1.58. The van der Waals surface area contributed by atoms with Crippen molar-refractivity contribution >= 4 is 17.7 Å². The largest absolute Gasteiger partial charge is 0.383 e. The van der Waals surface area contributed by atoms with Crippen molar-refractivity contribution < 1.29 is 9.53 Å². The maximum atomic E-state index is 11.6. The standard InChI is InChI=1S/C15H24N2O2S/c1-13-3-5-14(6-4-13)11-20-12-15(18)17-8-7-16-9-10-19-2/h3-6,16H,7-12H2,1-2H3,(H,17,18). The summed E-state index contributed by atoms with van der Waals surface area (Å²) < 4.78 is 4.92. The number of nitrogens with one attached hydrogen (secondary N) is 2. The van der Waals surface area contributed by atoms with E-state index in [0.717, 1.165) is 18.8 Å². The minimum Gasteiger partial charge on any atom is -0.383 e. The van der Waals surface area contributed by atoms with Crippen LogP contribution in [0.2, 0.25) is 0 Å². The monoisotopic (exact) mass is 296 g/mol. The summed E-state index contributed by atoms with van der Waals surface area (Å²) in [5.41, 5.74) is 2.52. The minimum absolute atomic E-state index is 0.0932. The van der Waals surface area contributed by atoms with Crippen LogP contribution in [0.1, 0.15) is 11.1 Å². The van der Waals surface area contributed by atoms with E-state index in [1.54, 1.807) is 18.9 Å². The fraction of sp³-hybridized carbons (Fsp3) is 0.533. The summed E-state index contributed by atoms with van der Waals surface area (Å²) in [5.74, 6) is 1.47. The average molecular weight is 296 g/mol. The molecule has 0 saturated carbocycles. The van der Waals surface area contributed by atoms with Crippen molar-refractivity contribution in [3.05, 3.63) is 35.4 Å². The number of aryl methyl sites for hydroxylation is 1. The van der Waals surface area contributed by atoms with Gasteiger partial charge in [0.1, 0.15) is 0 Å². The van der Waals surface area contributed by atoms with Crippen LogP contribution in [0, 0.1) is 6.92 Å². The van der Waals surface area contributed by atoms with Crippen molar-refractivity contribution in [1.82, 2.24) is 10.6 Å². The van der Waals surface area contributed by atoms with Gasteiger partial charge in [0.25, 0.3) is 0 Å². The molecule has 0 atom stereocenters. The Morgan fingerprint density at radius 2 is 1.95 bits per heavy atom. The van der Waals surface area contributed by atoms with Gasteiger partial charge in [-0.2, -0.15) is 0 Å². The van der Waals surface area contributed by atoms with Gasteiger partial charge in [0, 0.05) is 32.5 Å². The maximum Gasteiger partial charge on any atom is 0.230 e. The Hall–Kier alpha value is -1.04. The molecule has 0 aliphatic heterocycles. The zero-order chi connectivity index (χ0) is 14.6. The zero-order valence-electron chi connectivity index (χ0n) is 12.3. The van der Waals surface area contributed by atoms with Gasteiger partial charge in [-0.15, -0.1) is 11.8 Å². The van der Waals surface area contributed by atoms with Gasteiger partial charge in [0.2, 0.25) is 5.91 Å². The Morgan fingerprint density at radius 3 is 2.65 bits per heavy atom. The maximum absolute atomic E-state index is 11.6. The predicted molar refractivity (Wildman–Crippen MR) is 85.1 cm³/mol. The molecule has 4 nitrogen and oxygen atoms in total. The van der Waals surface area contributed by atoms with E-state index in [0.29, 0.717) is 18.9 Å². The van der Waals surface area contributed by atoms with Gasteiger partial charge in [-0.3, -0.25) is 4.79 Å². The van der Waals surface area contributed by atoms with Crippen LogP contribution >= 0.6 is 11.8 Å². The van der Waals surface area contributed by atoms with E-state index >= 15 is 0 Å². The molecule has 0 unspecified atom stereocenters. The van der Waals surface area contributed by atoms with Crippen molar-refractivity contribution in [2.45, 2.75) is 12.7 Å². The van der Waals surface area contributed by atoms with Gasteiger partial charge in [-0.25, -0.2) is 0 Å². The first-order valence-electron chi connectivity index (χ1n) is 6.82. The fourth-order valence-electron chi connectivity index (χ4n) is 1.59. The molecule has 0 aliphatic carbocycles. The molecule has 0 bridgehead atoms. The van der Waals surface area contributed by atoms with Gasteiger partial charge < -0.3 is 15.4 Å². The third-order valence-corrected chi connectivity index (χ3v) is 3.73. The number of methoxy groups -OCH3 is 1. The van der Waals surface area contributed by atoms with Crippen molar-refractivity contribution in [2.75, 3.05) is 39.1 Å². The van der Waals surface area contributed by atoms with Crippen molar-refractivity contribution in [3.63, 3.8) is 0 Å². The third kappa shape index (κ3) is 8.19. The third-order valence-electron chi connectivity index (χ3n) is 2.73. The van der Waals surface area contributed by atoms with Gasteiger partial charge in [0.15, 0.2) is 0 Å². The van der Waals surface area contributed by atoms with Gasteiger partial charge in [-0.1, -0.05) is 29.8 Å². The Balaban J connectivity index is 2.01. The van der Waals surface area contributed by atoms with Crippen LogP contribution < -0.4 is 10.6 Å². The molecule has 1 aromatic rings. The van der Waals surface area contributed by atoms with Gasteiger partial charge in [-0.05, 0) is 12.5 Å². The highest BCUT2D eigenvalue weighted by atomic mass is 32.2. The molecule has 0 fully saturated rings. The van der Waals surface area contributed by atoms with E-state index in [1.807, 2.05) is 0 Å². The summed E-state index contributed by atoms with van der Waals surface area (Å²) in [6.45, 7) is 5.02. The van der Waals surface area contributed by atoms with E-state index in [1.165, 1.54) is 11.1 Å². The van der Waals surface area contributed by atoms with Crippen LogP contribution in [0.3, 0.4) is 0 Å². The second kappa shape index (κ2) is 10.7. The molecule has 0 heterocycles. The summed E-state index contributed by atoms with van der Waals surface area (Å²) in [6.07, 6.45) is 0. The topological polar surface area (TPSA) is 50.4 Å². The molecule has 2 N–H and O–H groups in total. The summed E-state index contributed by atoms with van der Waals surface area (Å²) in [6, 6.07) is 8.42. The number of thioether (sulfide) groups is 1. The number of benzene rings is 1. The highest BCUT2D eigenvalue weighted by Crippen LogP contribution is 2.12. The summed E-state index contributed by atoms with van der Waals surface area (Å²) in [7, 11) is 1.68. The smallest absolute Gasteiger partial charge is 0.230 e. The number of carbonyl (C=O) groups excluding carboxylic acids is 1. The molecule has 0 aromatic heterocycles.